The fourth-order valence-corrected chi connectivity index (χ4v) is 2.45. The zero-order valence-corrected chi connectivity index (χ0v) is 11.8. The van der Waals surface area contributed by atoms with E-state index >= 15 is 0 Å². The first kappa shape index (κ1) is 13.8. The molecule has 1 aliphatic heterocycles. The zero-order valence-electron chi connectivity index (χ0n) is 11.8. The molecule has 0 radical (unpaired) electrons. The van der Waals surface area contributed by atoms with Gasteiger partial charge in [0.15, 0.2) is 6.10 Å². The molecular formula is C18H18O3. The molecule has 108 valence electrons. The van der Waals surface area contributed by atoms with Gasteiger partial charge in [0.25, 0.3) is 0 Å². The van der Waals surface area contributed by atoms with Crippen LogP contribution >= 0.6 is 0 Å². The molecule has 0 aliphatic carbocycles. The van der Waals surface area contributed by atoms with Crippen LogP contribution in [-0.2, 0) is 16.0 Å². The van der Waals surface area contributed by atoms with E-state index in [1.165, 1.54) is 11.1 Å². The monoisotopic (exact) mass is 282 g/mol. The summed E-state index contributed by atoms with van der Waals surface area (Å²) in [6.07, 6.45) is 2.16. The Morgan fingerprint density at radius 1 is 1.05 bits per heavy atom. The number of esters is 1. The summed E-state index contributed by atoms with van der Waals surface area (Å²) in [5, 5.41) is 0. The SMILES string of the molecule is O=C(Oc1ccc(Cc2ccccc2)cc1)C1CCCO1. The molecular weight excluding hydrogens is 264 g/mol. The van der Waals surface area contributed by atoms with Gasteiger partial charge < -0.3 is 9.47 Å². The lowest BCUT2D eigenvalue weighted by Gasteiger charge is -2.09. The van der Waals surface area contributed by atoms with Gasteiger partial charge in [-0.1, -0.05) is 42.5 Å². The van der Waals surface area contributed by atoms with Crippen LogP contribution in [-0.4, -0.2) is 18.7 Å². The second-order valence-corrected chi connectivity index (χ2v) is 5.23. The van der Waals surface area contributed by atoms with Crippen molar-refractivity contribution in [3.05, 3.63) is 65.7 Å². The maximum Gasteiger partial charge on any atom is 0.340 e. The lowest BCUT2D eigenvalue weighted by molar-refractivity contribution is -0.144. The van der Waals surface area contributed by atoms with Gasteiger partial charge in [0.2, 0.25) is 0 Å². The third kappa shape index (κ3) is 3.70. The molecule has 0 bridgehead atoms. The largest absolute Gasteiger partial charge is 0.425 e. The van der Waals surface area contributed by atoms with Crippen molar-refractivity contribution in [2.75, 3.05) is 6.61 Å². The molecule has 21 heavy (non-hydrogen) atoms. The van der Waals surface area contributed by atoms with Gasteiger partial charge in [-0.2, -0.15) is 0 Å². The summed E-state index contributed by atoms with van der Waals surface area (Å²) in [6, 6.07) is 17.9. The molecule has 3 nitrogen and oxygen atoms in total. The summed E-state index contributed by atoms with van der Waals surface area (Å²) in [5.74, 6) is 0.288. The first-order valence-corrected chi connectivity index (χ1v) is 7.27. The fourth-order valence-electron chi connectivity index (χ4n) is 2.45. The van der Waals surface area contributed by atoms with Gasteiger partial charge in [0.1, 0.15) is 5.75 Å². The first-order valence-electron chi connectivity index (χ1n) is 7.27. The number of benzene rings is 2. The van der Waals surface area contributed by atoms with Crippen molar-refractivity contribution in [1.29, 1.82) is 0 Å². The van der Waals surface area contributed by atoms with Gasteiger partial charge >= 0.3 is 5.97 Å². The third-order valence-electron chi connectivity index (χ3n) is 3.59. The van der Waals surface area contributed by atoms with Crippen LogP contribution in [0.5, 0.6) is 5.75 Å². The molecule has 0 aromatic heterocycles. The lowest BCUT2D eigenvalue weighted by Crippen LogP contribution is -2.24. The predicted octanol–water partition coefficient (Wildman–Crippen LogP) is 3.36. The highest BCUT2D eigenvalue weighted by molar-refractivity contribution is 5.77. The highest BCUT2D eigenvalue weighted by Crippen LogP contribution is 2.18. The van der Waals surface area contributed by atoms with Crippen molar-refractivity contribution in [3.63, 3.8) is 0 Å². The van der Waals surface area contributed by atoms with Crippen molar-refractivity contribution in [3.8, 4) is 5.75 Å². The third-order valence-corrected chi connectivity index (χ3v) is 3.59. The molecule has 0 saturated carbocycles. The van der Waals surface area contributed by atoms with Gasteiger partial charge in [-0.25, -0.2) is 4.79 Å². The Balaban J connectivity index is 1.60. The van der Waals surface area contributed by atoms with Crippen LogP contribution in [0, 0.1) is 0 Å². The Morgan fingerprint density at radius 2 is 1.76 bits per heavy atom. The Labute approximate surface area is 124 Å². The van der Waals surface area contributed by atoms with Crippen LogP contribution in [0.4, 0.5) is 0 Å². The molecule has 1 saturated heterocycles. The van der Waals surface area contributed by atoms with Crippen molar-refractivity contribution in [2.45, 2.75) is 25.4 Å². The molecule has 2 aromatic rings. The van der Waals surface area contributed by atoms with E-state index in [1.54, 1.807) is 0 Å². The quantitative estimate of drug-likeness (QED) is 0.637. The van der Waals surface area contributed by atoms with E-state index in [-0.39, 0.29) is 5.97 Å². The minimum Gasteiger partial charge on any atom is -0.425 e. The zero-order chi connectivity index (χ0) is 14.5. The second-order valence-electron chi connectivity index (χ2n) is 5.23. The molecule has 1 atom stereocenters. The summed E-state index contributed by atoms with van der Waals surface area (Å²) in [7, 11) is 0. The van der Waals surface area contributed by atoms with Gasteiger partial charge in [0.05, 0.1) is 0 Å². The molecule has 1 fully saturated rings. The molecule has 1 heterocycles. The number of rotatable bonds is 4. The van der Waals surface area contributed by atoms with E-state index in [4.69, 9.17) is 9.47 Å². The molecule has 0 spiro atoms. The molecule has 0 amide bonds. The van der Waals surface area contributed by atoms with Crippen LogP contribution < -0.4 is 4.74 Å². The summed E-state index contributed by atoms with van der Waals surface area (Å²) < 4.78 is 10.7. The number of ether oxygens (including phenoxy) is 2. The molecule has 2 aromatic carbocycles. The van der Waals surface area contributed by atoms with Gasteiger partial charge in [-0.3, -0.25) is 0 Å². The van der Waals surface area contributed by atoms with Crippen molar-refractivity contribution >= 4 is 5.97 Å². The molecule has 3 rings (SSSR count). The van der Waals surface area contributed by atoms with Crippen LogP contribution in [0.3, 0.4) is 0 Å². The summed E-state index contributed by atoms with van der Waals surface area (Å²) in [4.78, 5) is 11.8. The second kappa shape index (κ2) is 6.55. The minimum atomic E-state index is -0.394. The smallest absolute Gasteiger partial charge is 0.340 e. The van der Waals surface area contributed by atoms with Crippen LogP contribution in [0.15, 0.2) is 54.6 Å². The van der Waals surface area contributed by atoms with E-state index in [1.807, 2.05) is 42.5 Å². The number of carbonyl (C=O) groups excluding carboxylic acids is 1. The minimum absolute atomic E-state index is 0.289. The fraction of sp³-hybridized carbons (Fsp3) is 0.278. The van der Waals surface area contributed by atoms with Crippen LogP contribution in [0.25, 0.3) is 0 Å². The Hall–Kier alpha value is -2.13. The average Bonchev–Trinajstić information content (AvgIpc) is 3.05. The molecule has 0 N–H and O–H groups in total. The summed E-state index contributed by atoms with van der Waals surface area (Å²) >= 11 is 0. The van der Waals surface area contributed by atoms with Gasteiger partial charge in [0, 0.05) is 6.61 Å². The Bertz CT molecular complexity index is 584. The number of carbonyl (C=O) groups is 1. The highest BCUT2D eigenvalue weighted by atomic mass is 16.6. The Kier molecular flexibility index (Phi) is 4.31. The van der Waals surface area contributed by atoms with E-state index in [9.17, 15) is 4.79 Å². The molecule has 1 unspecified atom stereocenters. The number of hydrogen-bond acceptors (Lipinski definition) is 3. The molecule has 3 heteroatoms. The van der Waals surface area contributed by atoms with Crippen LogP contribution in [0.2, 0.25) is 0 Å². The highest BCUT2D eigenvalue weighted by Gasteiger charge is 2.25. The maximum absolute atomic E-state index is 11.8. The summed E-state index contributed by atoms with van der Waals surface area (Å²) in [6.45, 7) is 0.649. The van der Waals surface area contributed by atoms with E-state index in [0.717, 1.165) is 19.3 Å². The van der Waals surface area contributed by atoms with Crippen molar-refractivity contribution < 1.29 is 14.3 Å². The van der Waals surface area contributed by atoms with Crippen molar-refractivity contribution in [1.82, 2.24) is 0 Å². The van der Waals surface area contributed by atoms with Crippen LogP contribution in [0.1, 0.15) is 24.0 Å². The normalized spacial score (nSPS) is 17.6. The summed E-state index contributed by atoms with van der Waals surface area (Å²) in [5.41, 5.74) is 2.46. The Morgan fingerprint density at radius 3 is 2.43 bits per heavy atom. The van der Waals surface area contributed by atoms with Gasteiger partial charge in [-0.05, 0) is 42.5 Å². The topological polar surface area (TPSA) is 35.5 Å². The average molecular weight is 282 g/mol. The van der Waals surface area contributed by atoms with E-state index in [2.05, 4.69) is 12.1 Å². The van der Waals surface area contributed by atoms with E-state index < -0.39 is 6.10 Å². The van der Waals surface area contributed by atoms with Gasteiger partial charge in [-0.15, -0.1) is 0 Å². The predicted molar refractivity (Wildman–Crippen MR) is 80.3 cm³/mol. The standard InChI is InChI=1S/C18H18O3/c19-18(17-7-4-12-20-17)21-16-10-8-15(9-11-16)13-14-5-2-1-3-6-14/h1-3,5-6,8-11,17H,4,7,12-13H2. The molecule has 1 aliphatic rings. The maximum atomic E-state index is 11.8. The lowest BCUT2D eigenvalue weighted by atomic mass is 10.1. The van der Waals surface area contributed by atoms with E-state index in [0.29, 0.717) is 12.4 Å². The first-order chi connectivity index (χ1) is 10.3. The van der Waals surface area contributed by atoms with Crippen molar-refractivity contribution in [2.24, 2.45) is 0 Å². The number of hydrogen-bond donors (Lipinski definition) is 0.